The number of hydrogen-bond donors (Lipinski definition) is 2. The number of aliphatic hydroxyl groups is 2. The van der Waals surface area contributed by atoms with Crippen LogP contribution in [0.15, 0.2) is 41.8 Å². The highest BCUT2D eigenvalue weighted by atomic mass is 32.1. The van der Waals surface area contributed by atoms with Gasteiger partial charge in [0.1, 0.15) is 12.2 Å². The van der Waals surface area contributed by atoms with Crippen LogP contribution in [0.1, 0.15) is 17.2 Å². The van der Waals surface area contributed by atoms with E-state index in [9.17, 15) is 10.2 Å². The van der Waals surface area contributed by atoms with E-state index >= 15 is 0 Å². The van der Waals surface area contributed by atoms with E-state index in [-0.39, 0.29) is 0 Å². The van der Waals surface area contributed by atoms with E-state index < -0.39 is 12.2 Å². The molecular formula is C16H12O2S. The van der Waals surface area contributed by atoms with Crippen molar-refractivity contribution < 1.29 is 10.2 Å². The van der Waals surface area contributed by atoms with Crippen molar-refractivity contribution in [3.63, 3.8) is 0 Å². The molecule has 3 aromatic rings. The predicted octanol–water partition coefficient (Wildman–Crippen LogP) is 3.48. The van der Waals surface area contributed by atoms with Crippen molar-refractivity contribution in [3.05, 3.63) is 52.9 Å². The Morgan fingerprint density at radius 3 is 2.63 bits per heavy atom. The Hall–Kier alpha value is -1.68. The summed E-state index contributed by atoms with van der Waals surface area (Å²) in [6.45, 7) is 0. The molecule has 1 aromatic heterocycles. The fourth-order valence-electron chi connectivity index (χ4n) is 2.80. The monoisotopic (exact) mass is 268 g/mol. The SMILES string of the molecule is O[C@@H]1C=Cc2c(ccc3ccc4ccsc4c23)[C@H]1O. The normalized spacial score (nSPS) is 22.0. The molecule has 0 spiro atoms. The predicted molar refractivity (Wildman–Crippen MR) is 79.3 cm³/mol. The second-order valence-corrected chi connectivity index (χ2v) is 5.78. The van der Waals surface area contributed by atoms with Crippen LogP contribution in [0.5, 0.6) is 0 Å². The standard InChI is InChI=1S/C16H12O2S/c17-13-6-5-11-12(15(13)18)4-3-9-1-2-10-7-8-19-16(10)14(9)11/h1-8,13,15,17-18H/t13-,15-/m1/s1. The first kappa shape index (κ1) is 11.2. The Balaban J connectivity index is 2.19. The average Bonchev–Trinajstić information content (AvgIpc) is 2.90. The van der Waals surface area contributed by atoms with Crippen molar-refractivity contribution in [3.8, 4) is 0 Å². The van der Waals surface area contributed by atoms with Crippen LogP contribution < -0.4 is 0 Å². The van der Waals surface area contributed by atoms with Gasteiger partial charge >= 0.3 is 0 Å². The highest BCUT2D eigenvalue weighted by molar-refractivity contribution is 7.18. The van der Waals surface area contributed by atoms with Gasteiger partial charge in [-0.25, -0.2) is 0 Å². The van der Waals surface area contributed by atoms with Crippen LogP contribution in [-0.4, -0.2) is 16.3 Å². The third-order valence-corrected chi connectivity index (χ3v) is 4.73. The molecule has 1 heterocycles. The van der Waals surface area contributed by atoms with Gasteiger partial charge in [-0.3, -0.25) is 0 Å². The molecule has 0 saturated heterocycles. The minimum Gasteiger partial charge on any atom is -0.386 e. The molecule has 2 aromatic carbocycles. The zero-order valence-electron chi connectivity index (χ0n) is 10.1. The van der Waals surface area contributed by atoms with Gasteiger partial charge in [-0.1, -0.05) is 36.4 Å². The fraction of sp³-hybridized carbons (Fsp3) is 0.125. The summed E-state index contributed by atoms with van der Waals surface area (Å²) in [5, 5.41) is 25.5. The molecule has 2 nitrogen and oxygen atoms in total. The molecule has 4 rings (SSSR count). The first-order valence-electron chi connectivity index (χ1n) is 6.23. The number of thiophene rings is 1. The lowest BCUT2D eigenvalue weighted by molar-refractivity contribution is 0.0471. The van der Waals surface area contributed by atoms with Crippen molar-refractivity contribution in [2.45, 2.75) is 12.2 Å². The maximum absolute atomic E-state index is 10.1. The Bertz CT molecular complexity index is 816. The van der Waals surface area contributed by atoms with Crippen LogP contribution in [0.2, 0.25) is 0 Å². The van der Waals surface area contributed by atoms with E-state index in [2.05, 4.69) is 23.6 Å². The van der Waals surface area contributed by atoms with Gasteiger partial charge in [-0.05, 0) is 33.3 Å². The number of rotatable bonds is 0. The first-order valence-corrected chi connectivity index (χ1v) is 7.11. The van der Waals surface area contributed by atoms with Crippen LogP contribution in [0, 0.1) is 0 Å². The summed E-state index contributed by atoms with van der Waals surface area (Å²) in [6, 6.07) is 10.3. The molecule has 0 saturated carbocycles. The molecule has 0 aliphatic heterocycles. The zero-order valence-corrected chi connectivity index (χ0v) is 10.9. The number of aliphatic hydroxyl groups excluding tert-OH is 2. The molecular weight excluding hydrogens is 256 g/mol. The number of hydrogen-bond acceptors (Lipinski definition) is 3. The second-order valence-electron chi connectivity index (χ2n) is 4.87. The Kier molecular flexibility index (Phi) is 2.30. The van der Waals surface area contributed by atoms with Gasteiger partial charge < -0.3 is 10.2 Å². The zero-order chi connectivity index (χ0) is 13.0. The maximum Gasteiger partial charge on any atom is 0.109 e. The van der Waals surface area contributed by atoms with E-state index in [0.717, 1.165) is 11.1 Å². The third kappa shape index (κ3) is 1.49. The topological polar surface area (TPSA) is 40.5 Å². The molecule has 2 atom stereocenters. The van der Waals surface area contributed by atoms with E-state index in [1.807, 2.05) is 18.2 Å². The maximum atomic E-state index is 10.1. The van der Waals surface area contributed by atoms with Crippen LogP contribution in [0.25, 0.3) is 26.9 Å². The van der Waals surface area contributed by atoms with Crippen molar-refractivity contribution in [2.75, 3.05) is 0 Å². The summed E-state index contributed by atoms with van der Waals surface area (Å²) in [4.78, 5) is 0. The van der Waals surface area contributed by atoms with Crippen LogP contribution in [-0.2, 0) is 0 Å². The number of fused-ring (bicyclic) bond motifs is 5. The van der Waals surface area contributed by atoms with E-state index in [0.29, 0.717) is 0 Å². The minimum atomic E-state index is -0.834. The van der Waals surface area contributed by atoms with Crippen molar-refractivity contribution in [1.82, 2.24) is 0 Å². The lowest BCUT2D eigenvalue weighted by Crippen LogP contribution is -2.19. The summed E-state index contributed by atoms with van der Waals surface area (Å²) in [7, 11) is 0. The summed E-state index contributed by atoms with van der Waals surface area (Å²) in [5.41, 5.74) is 1.84. The average molecular weight is 268 g/mol. The van der Waals surface area contributed by atoms with Crippen LogP contribution in [0.4, 0.5) is 0 Å². The molecule has 3 heteroatoms. The van der Waals surface area contributed by atoms with Gasteiger partial charge in [0.25, 0.3) is 0 Å². The smallest absolute Gasteiger partial charge is 0.109 e. The van der Waals surface area contributed by atoms with Crippen LogP contribution >= 0.6 is 11.3 Å². The fourth-order valence-corrected chi connectivity index (χ4v) is 3.77. The molecule has 1 aliphatic rings. The summed E-state index contributed by atoms with van der Waals surface area (Å²) < 4.78 is 1.24. The molecule has 0 amide bonds. The van der Waals surface area contributed by atoms with Gasteiger partial charge in [-0.15, -0.1) is 11.3 Å². The lowest BCUT2D eigenvalue weighted by Gasteiger charge is -2.23. The second kappa shape index (κ2) is 3.90. The van der Waals surface area contributed by atoms with Crippen molar-refractivity contribution >= 4 is 38.3 Å². The molecule has 19 heavy (non-hydrogen) atoms. The largest absolute Gasteiger partial charge is 0.386 e. The highest BCUT2D eigenvalue weighted by Gasteiger charge is 2.24. The Morgan fingerprint density at radius 2 is 1.74 bits per heavy atom. The Labute approximate surface area is 114 Å². The summed E-state index contributed by atoms with van der Waals surface area (Å²) >= 11 is 1.71. The lowest BCUT2D eigenvalue weighted by atomic mass is 9.89. The van der Waals surface area contributed by atoms with Gasteiger partial charge in [0.15, 0.2) is 0 Å². The molecule has 0 bridgehead atoms. The molecule has 0 radical (unpaired) electrons. The highest BCUT2D eigenvalue weighted by Crippen LogP contribution is 2.38. The van der Waals surface area contributed by atoms with Crippen molar-refractivity contribution in [2.24, 2.45) is 0 Å². The number of benzene rings is 2. The Morgan fingerprint density at radius 1 is 0.947 bits per heavy atom. The molecule has 0 unspecified atom stereocenters. The quantitative estimate of drug-likeness (QED) is 0.655. The minimum absolute atomic E-state index is 0.809. The molecule has 2 N–H and O–H groups in total. The van der Waals surface area contributed by atoms with E-state index in [1.54, 1.807) is 17.4 Å². The van der Waals surface area contributed by atoms with E-state index in [1.165, 1.54) is 20.9 Å². The van der Waals surface area contributed by atoms with E-state index in [4.69, 9.17) is 0 Å². The third-order valence-electron chi connectivity index (χ3n) is 3.78. The summed E-state index contributed by atoms with van der Waals surface area (Å²) in [5.74, 6) is 0. The van der Waals surface area contributed by atoms with Gasteiger partial charge in [0.2, 0.25) is 0 Å². The van der Waals surface area contributed by atoms with Gasteiger partial charge in [0.05, 0.1) is 0 Å². The molecule has 1 aliphatic carbocycles. The molecule has 0 fully saturated rings. The van der Waals surface area contributed by atoms with Gasteiger partial charge in [-0.2, -0.15) is 0 Å². The van der Waals surface area contributed by atoms with Crippen molar-refractivity contribution in [1.29, 1.82) is 0 Å². The summed E-state index contributed by atoms with van der Waals surface area (Å²) in [6.07, 6.45) is 1.94. The van der Waals surface area contributed by atoms with Gasteiger partial charge in [0, 0.05) is 10.1 Å². The van der Waals surface area contributed by atoms with Crippen LogP contribution in [0.3, 0.4) is 0 Å². The first-order chi connectivity index (χ1) is 9.25. The molecule has 94 valence electrons.